The number of ether oxygens (including phenoxy) is 2. The molecule has 6 atom stereocenters. The molecule has 1 aromatic carbocycles. The molecule has 0 bridgehead atoms. The Labute approximate surface area is 281 Å². The third kappa shape index (κ3) is 10.5. The minimum absolute atomic E-state index is 0.0190. The fourth-order valence-electron chi connectivity index (χ4n) is 4.60. The number of benzene rings is 1. The zero-order valence-corrected chi connectivity index (χ0v) is 28.8. The van der Waals surface area contributed by atoms with Gasteiger partial charge in [-0.15, -0.1) is 0 Å². The Morgan fingerprint density at radius 3 is 2.19 bits per heavy atom. The topological polar surface area (TPSA) is 187 Å². The number of nitrogens with two attached hydrogens (primary N) is 2. The van der Waals surface area contributed by atoms with Crippen molar-refractivity contribution in [3.05, 3.63) is 64.6 Å². The van der Waals surface area contributed by atoms with Gasteiger partial charge in [-0.1, -0.05) is 71.2 Å². The Kier molecular flexibility index (Phi) is 14.2. The number of carbonyl (C=O) groups is 3. The van der Waals surface area contributed by atoms with Crippen molar-refractivity contribution in [2.75, 3.05) is 18.5 Å². The average Bonchev–Trinajstić information content (AvgIpc) is 3.57. The van der Waals surface area contributed by atoms with Gasteiger partial charge in [-0.05, 0) is 54.5 Å². The fraction of sp³-hybridized carbons (Fsp3) is 0.500. The molecule has 0 spiro atoms. The minimum atomic E-state index is -0.771. The summed E-state index contributed by atoms with van der Waals surface area (Å²) < 4.78 is 11.0. The zero-order chi connectivity index (χ0) is 34.7. The standard InChI is InChI=1S/C34H48ClN7O5/c1-7-19(4)28(36)32(44)46-17-25(9-3)40-34-39-15-21(6)30(42-34)23-14-26(38-16-23)31(43)41-27(22-11-10-12-24(35)13-22)18-47-33(45)29(37)20(5)8-2/h10-16,19-20,25,27-29,38H,7-9,17-18,36-37H2,1-6H3,(H,41,43)(H,39,40,42)/t19?,20?,25-,27?,28?,29?/m1/s1. The molecule has 2 heterocycles. The van der Waals surface area contributed by atoms with E-state index in [1.165, 1.54) is 0 Å². The van der Waals surface area contributed by atoms with Crippen molar-refractivity contribution in [2.24, 2.45) is 23.3 Å². The summed E-state index contributed by atoms with van der Waals surface area (Å²) in [6, 6.07) is 6.30. The van der Waals surface area contributed by atoms with Crippen LogP contribution in [0.3, 0.4) is 0 Å². The highest BCUT2D eigenvalue weighted by atomic mass is 35.5. The molecular weight excluding hydrogens is 622 g/mol. The molecule has 3 aromatic rings. The van der Waals surface area contributed by atoms with Gasteiger partial charge in [0, 0.05) is 23.0 Å². The van der Waals surface area contributed by atoms with E-state index in [0.29, 0.717) is 34.2 Å². The summed E-state index contributed by atoms with van der Waals surface area (Å²) in [5, 5.41) is 6.65. The van der Waals surface area contributed by atoms with Crippen molar-refractivity contribution in [2.45, 2.75) is 85.0 Å². The van der Waals surface area contributed by atoms with Crippen molar-refractivity contribution in [1.82, 2.24) is 20.3 Å². The number of nitrogens with zero attached hydrogens (tertiary/aromatic N) is 2. The van der Waals surface area contributed by atoms with Crippen LogP contribution < -0.4 is 22.1 Å². The molecule has 0 radical (unpaired) electrons. The lowest BCUT2D eigenvalue weighted by Gasteiger charge is -2.22. The van der Waals surface area contributed by atoms with Gasteiger partial charge in [-0.25, -0.2) is 9.97 Å². The molecule has 12 nitrogen and oxygen atoms in total. The van der Waals surface area contributed by atoms with Crippen LogP contribution in [0.4, 0.5) is 5.95 Å². The molecule has 5 unspecified atom stereocenters. The summed E-state index contributed by atoms with van der Waals surface area (Å²) in [4.78, 5) is 50.5. The number of esters is 2. The number of carbonyl (C=O) groups excluding carboxylic acids is 3. The molecule has 0 saturated heterocycles. The zero-order valence-electron chi connectivity index (χ0n) is 28.0. The van der Waals surface area contributed by atoms with Crippen LogP contribution in [-0.2, 0) is 19.1 Å². The van der Waals surface area contributed by atoms with Crippen LogP contribution in [0.2, 0.25) is 5.02 Å². The third-order valence-corrected chi connectivity index (χ3v) is 8.67. The number of hydrogen-bond acceptors (Lipinski definition) is 10. The summed E-state index contributed by atoms with van der Waals surface area (Å²) in [5.74, 6) is -1.07. The molecule has 7 N–H and O–H groups in total. The number of hydrogen-bond donors (Lipinski definition) is 5. The van der Waals surface area contributed by atoms with E-state index in [0.717, 1.165) is 18.4 Å². The van der Waals surface area contributed by atoms with Crippen LogP contribution in [0.1, 0.15) is 81.5 Å². The smallest absolute Gasteiger partial charge is 0.323 e. The number of nitrogens with one attached hydrogen (secondary N) is 3. The van der Waals surface area contributed by atoms with Gasteiger partial charge in [0.05, 0.1) is 17.8 Å². The van der Waals surface area contributed by atoms with Gasteiger partial charge in [0.2, 0.25) is 5.95 Å². The Balaban J connectivity index is 1.73. The lowest BCUT2D eigenvalue weighted by Crippen LogP contribution is -2.40. The van der Waals surface area contributed by atoms with Gasteiger partial charge < -0.3 is 36.6 Å². The molecule has 3 rings (SSSR count). The van der Waals surface area contributed by atoms with Gasteiger partial charge in [0.1, 0.15) is 31.0 Å². The first kappa shape index (κ1) is 37.5. The first-order valence-corrected chi connectivity index (χ1v) is 16.5. The highest BCUT2D eigenvalue weighted by molar-refractivity contribution is 6.30. The second-order valence-electron chi connectivity index (χ2n) is 11.9. The number of aryl methyl sites for hydroxylation is 1. The summed E-state index contributed by atoms with van der Waals surface area (Å²) in [6.45, 7) is 11.6. The number of anilines is 1. The lowest BCUT2D eigenvalue weighted by atomic mass is 10.0. The van der Waals surface area contributed by atoms with Crippen molar-refractivity contribution >= 4 is 35.4 Å². The molecule has 13 heteroatoms. The van der Waals surface area contributed by atoms with E-state index in [1.54, 1.807) is 42.7 Å². The predicted molar refractivity (Wildman–Crippen MR) is 183 cm³/mol. The summed E-state index contributed by atoms with van der Waals surface area (Å²) in [7, 11) is 0. The lowest BCUT2D eigenvalue weighted by molar-refractivity contribution is -0.147. The van der Waals surface area contributed by atoms with Gasteiger partial charge in [0.15, 0.2) is 0 Å². The van der Waals surface area contributed by atoms with Crippen LogP contribution >= 0.6 is 11.6 Å². The summed E-state index contributed by atoms with van der Waals surface area (Å²) in [5.41, 5.74) is 15.1. The Morgan fingerprint density at radius 1 is 0.957 bits per heavy atom. The Morgan fingerprint density at radius 2 is 1.60 bits per heavy atom. The van der Waals surface area contributed by atoms with E-state index in [4.69, 9.17) is 32.5 Å². The monoisotopic (exact) mass is 669 g/mol. The van der Waals surface area contributed by atoms with E-state index in [9.17, 15) is 14.4 Å². The van der Waals surface area contributed by atoms with Gasteiger partial charge >= 0.3 is 11.9 Å². The van der Waals surface area contributed by atoms with Crippen molar-refractivity contribution < 1.29 is 23.9 Å². The van der Waals surface area contributed by atoms with Crippen molar-refractivity contribution in [3.8, 4) is 11.3 Å². The first-order valence-electron chi connectivity index (χ1n) is 16.1. The molecule has 0 aliphatic carbocycles. The van der Waals surface area contributed by atoms with E-state index in [-0.39, 0.29) is 36.8 Å². The Bertz CT molecular complexity index is 1500. The predicted octanol–water partition coefficient (Wildman–Crippen LogP) is 4.93. The molecular formula is C34H48ClN7O5. The number of amides is 1. The van der Waals surface area contributed by atoms with Crippen LogP contribution in [0.5, 0.6) is 0 Å². The van der Waals surface area contributed by atoms with Gasteiger partial charge in [-0.3, -0.25) is 14.4 Å². The van der Waals surface area contributed by atoms with E-state index in [2.05, 4.69) is 25.6 Å². The number of aromatic nitrogens is 3. The molecule has 0 fully saturated rings. The fourth-order valence-corrected chi connectivity index (χ4v) is 4.80. The van der Waals surface area contributed by atoms with E-state index < -0.39 is 36.0 Å². The normalized spacial score (nSPS) is 15.1. The maximum absolute atomic E-state index is 13.4. The summed E-state index contributed by atoms with van der Waals surface area (Å²) >= 11 is 6.23. The number of aromatic amines is 1. The highest BCUT2D eigenvalue weighted by Crippen LogP contribution is 2.24. The molecule has 1 amide bonds. The van der Waals surface area contributed by atoms with Gasteiger partial charge in [0.25, 0.3) is 5.91 Å². The van der Waals surface area contributed by atoms with Crippen LogP contribution in [0.15, 0.2) is 42.7 Å². The molecule has 0 aliphatic rings. The average molecular weight is 670 g/mol. The number of rotatable bonds is 17. The second-order valence-corrected chi connectivity index (χ2v) is 12.4. The maximum Gasteiger partial charge on any atom is 0.323 e. The molecule has 47 heavy (non-hydrogen) atoms. The highest BCUT2D eigenvalue weighted by Gasteiger charge is 2.25. The molecule has 2 aromatic heterocycles. The van der Waals surface area contributed by atoms with Crippen LogP contribution in [0, 0.1) is 18.8 Å². The van der Waals surface area contributed by atoms with Crippen LogP contribution in [-0.4, -0.2) is 64.1 Å². The largest absolute Gasteiger partial charge is 0.462 e. The number of H-pyrrole nitrogens is 1. The third-order valence-electron chi connectivity index (χ3n) is 8.43. The minimum Gasteiger partial charge on any atom is -0.462 e. The Hall–Kier alpha value is -4.00. The van der Waals surface area contributed by atoms with Gasteiger partial charge in [-0.2, -0.15) is 0 Å². The summed E-state index contributed by atoms with van der Waals surface area (Å²) in [6.07, 6.45) is 5.52. The molecule has 0 aliphatic heterocycles. The second kappa shape index (κ2) is 17.8. The van der Waals surface area contributed by atoms with Crippen molar-refractivity contribution in [3.63, 3.8) is 0 Å². The van der Waals surface area contributed by atoms with E-state index >= 15 is 0 Å². The quantitative estimate of drug-likeness (QED) is 0.123. The first-order chi connectivity index (χ1) is 22.4. The van der Waals surface area contributed by atoms with Crippen LogP contribution in [0.25, 0.3) is 11.3 Å². The SMILES string of the molecule is CCC(C)C(N)C(=O)OCC(NC(=O)c1cc(-c2nc(N[C@H](CC)COC(=O)C(N)C(C)CC)ncc2C)c[nH]1)c1cccc(Cl)c1. The van der Waals surface area contributed by atoms with E-state index in [1.807, 2.05) is 41.5 Å². The molecule has 256 valence electrons. The maximum atomic E-state index is 13.4. The molecule has 0 saturated carbocycles. The number of halogens is 1. The van der Waals surface area contributed by atoms with Crippen molar-refractivity contribution in [1.29, 1.82) is 0 Å².